The molecular formula is C54H36OS. The number of benzene rings is 9. The molecule has 1 atom stereocenters. The van der Waals surface area contributed by atoms with Crippen LogP contribution in [0.5, 0.6) is 5.75 Å². The van der Waals surface area contributed by atoms with Crippen LogP contribution in [0.2, 0.25) is 0 Å². The number of rotatable bonds is 3. The lowest BCUT2D eigenvalue weighted by molar-refractivity contribution is 0.654. The van der Waals surface area contributed by atoms with E-state index in [-0.39, 0.29) is 16.2 Å². The summed E-state index contributed by atoms with van der Waals surface area (Å²) in [6, 6.07) is 59.1. The van der Waals surface area contributed by atoms with Crippen molar-refractivity contribution in [2.24, 2.45) is 0 Å². The van der Waals surface area contributed by atoms with Crippen LogP contribution in [0.3, 0.4) is 0 Å². The predicted octanol–water partition coefficient (Wildman–Crippen LogP) is 14.8. The molecule has 0 bridgehead atoms. The van der Waals surface area contributed by atoms with Gasteiger partial charge < -0.3 is 4.18 Å². The first-order valence-electron chi connectivity index (χ1n) is 19.4. The van der Waals surface area contributed by atoms with Crippen molar-refractivity contribution < 1.29 is 4.18 Å². The Balaban J connectivity index is 0.959. The highest BCUT2D eigenvalue weighted by molar-refractivity contribution is 8.15. The largest absolute Gasteiger partial charge is 0.429 e. The van der Waals surface area contributed by atoms with Crippen LogP contribution in [0, 0.1) is 0 Å². The second-order valence-electron chi connectivity index (χ2n) is 15.9. The van der Waals surface area contributed by atoms with Crippen molar-refractivity contribution in [2.75, 3.05) is 0 Å². The molecule has 1 unspecified atom stereocenters. The predicted molar refractivity (Wildman–Crippen MR) is 241 cm³/mol. The maximum absolute atomic E-state index is 6.38. The molecule has 9 aromatic carbocycles. The van der Waals surface area contributed by atoms with E-state index in [1.807, 2.05) is 0 Å². The number of hydrogen-bond acceptors (Lipinski definition) is 1. The van der Waals surface area contributed by atoms with Crippen molar-refractivity contribution in [3.63, 3.8) is 0 Å². The van der Waals surface area contributed by atoms with Crippen molar-refractivity contribution in [3.8, 4) is 50.3 Å². The molecule has 0 aromatic heterocycles. The topological polar surface area (TPSA) is 9.23 Å². The highest BCUT2D eigenvalue weighted by Crippen LogP contribution is 2.52. The van der Waals surface area contributed by atoms with E-state index in [1.54, 1.807) is 0 Å². The van der Waals surface area contributed by atoms with Gasteiger partial charge in [-0.05, 0) is 147 Å². The summed E-state index contributed by atoms with van der Waals surface area (Å²) < 4.78 is 6.38. The van der Waals surface area contributed by atoms with E-state index >= 15 is 0 Å². The molecule has 0 fully saturated rings. The highest BCUT2D eigenvalue weighted by atomic mass is 32.2. The molecule has 264 valence electrons. The molecule has 2 heteroatoms. The first-order valence-corrected chi connectivity index (χ1v) is 20.7. The van der Waals surface area contributed by atoms with E-state index < -0.39 is 0 Å². The Morgan fingerprint density at radius 2 is 1.00 bits per heavy atom. The quantitative estimate of drug-likeness (QED) is 0.130. The zero-order chi connectivity index (χ0) is 37.1. The van der Waals surface area contributed by atoms with Gasteiger partial charge in [-0.3, -0.25) is 0 Å². The molecule has 0 radical (unpaired) electrons. The van der Waals surface area contributed by atoms with E-state index in [4.69, 9.17) is 4.18 Å². The van der Waals surface area contributed by atoms with Crippen molar-refractivity contribution in [1.29, 1.82) is 0 Å². The fourth-order valence-electron chi connectivity index (χ4n) is 9.67. The van der Waals surface area contributed by atoms with E-state index in [2.05, 4.69) is 195 Å². The molecular weight excluding hydrogens is 697 g/mol. The number of hydrogen-bond donors (Lipinski definition) is 0. The van der Waals surface area contributed by atoms with Gasteiger partial charge in [-0.15, -0.1) is 0 Å². The third-order valence-electron chi connectivity index (χ3n) is 12.4. The Bertz CT molecular complexity index is 3230. The Morgan fingerprint density at radius 1 is 0.429 bits per heavy atom. The number of fused-ring (bicyclic) bond motifs is 9. The Labute approximate surface area is 329 Å². The van der Waals surface area contributed by atoms with Gasteiger partial charge in [0, 0.05) is 32.0 Å². The zero-order valence-electron chi connectivity index (χ0n) is 31.1. The van der Waals surface area contributed by atoms with E-state index in [0.717, 1.165) is 5.75 Å². The first kappa shape index (κ1) is 31.8. The second kappa shape index (κ2) is 11.8. The molecule has 0 saturated heterocycles. The third-order valence-corrected chi connectivity index (χ3v) is 14.0. The summed E-state index contributed by atoms with van der Waals surface area (Å²) in [6.45, 7) is 4.73. The first-order chi connectivity index (χ1) is 27.5. The molecule has 0 saturated carbocycles. The molecule has 9 aromatic rings. The van der Waals surface area contributed by atoms with Gasteiger partial charge in [0.15, 0.2) is 0 Å². The minimum atomic E-state index is -0.296. The summed E-state index contributed by atoms with van der Waals surface area (Å²) in [4.78, 5) is 1.28. The van der Waals surface area contributed by atoms with Gasteiger partial charge in [-0.2, -0.15) is 0 Å². The van der Waals surface area contributed by atoms with Gasteiger partial charge in [-0.25, -0.2) is 0 Å². The van der Waals surface area contributed by atoms with Crippen LogP contribution >= 0.6 is 10.8 Å². The number of allylic oxidation sites excluding steroid dienone is 3. The van der Waals surface area contributed by atoms with Crippen molar-refractivity contribution in [3.05, 3.63) is 198 Å². The van der Waals surface area contributed by atoms with Crippen molar-refractivity contribution in [2.45, 2.75) is 19.3 Å². The molecule has 2 aliphatic heterocycles. The van der Waals surface area contributed by atoms with Crippen LogP contribution in [-0.4, -0.2) is 4.86 Å². The van der Waals surface area contributed by atoms with Crippen LogP contribution in [0.4, 0.5) is 0 Å². The maximum Gasteiger partial charge on any atom is 0.146 e. The maximum atomic E-state index is 6.38. The highest BCUT2D eigenvalue weighted by Gasteiger charge is 2.36. The summed E-state index contributed by atoms with van der Waals surface area (Å²) in [5.41, 5.74) is 14.1. The van der Waals surface area contributed by atoms with Gasteiger partial charge in [0.05, 0.1) is 0 Å². The van der Waals surface area contributed by atoms with Gasteiger partial charge in [-0.1, -0.05) is 141 Å². The van der Waals surface area contributed by atoms with Gasteiger partial charge in [0.25, 0.3) is 0 Å². The van der Waals surface area contributed by atoms with Gasteiger partial charge in [0.1, 0.15) is 5.75 Å². The van der Waals surface area contributed by atoms with Crippen LogP contribution < -0.4 is 4.18 Å². The fraction of sp³-hybridized carbons (Fsp3) is 0.0556. The zero-order valence-corrected chi connectivity index (χ0v) is 32.0. The molecule has 0 N–H and O–H groups in total. The SMILES string of the molecule is CC1(C)c2ccc(-c3ccc4cc(-c5c6ccccc6c(-c6ccccc6)c6ccccc56)ccc4c3)cc2-c2cc3cc4c(cc3cc21)OS1=C4C=CC=C1. The molecule has 0 spiro atoms. The minimum Gasteiger partial charge on any atom is -0.429 e. The van der Waals surface area contributed by atoms with Gasteiger partial charge >= 0.3 is 0 Å². The Kier molecular flexibility index (Phi) is 6.68. The normalized spacial score (nSPS) is 16.0. The summed E-state index contributed by atoms with van der Waals surface area (Å²) in [7, 11) is -0.296. The van der Waals surface area contributed by atoms with Crippen LogP contribution in [0.25, 0.3) is 87.6 Å². The second-order valence-corrected chi connectivity index (χ2v) is 17.4. The van der Waals surface area contributed by atoms with E-state index in [0.29, 0.717) is 0 Å². The van der Waals surface area contributed by atoms with Crippen LogP contribution in [-0.2, 0) is 5.41 Å². The molecule has 56 heavy (non-hydrogen) atoms. The summed E-state index contributed by atoms with van der Waals surface area (Å²) in [5.74, 6) is 0.994. The Morgan fingerprint density at radius 3 is 1.73 bits per heavy atom. The molecule has 0 amide bonds. The van der Waals surface area contributed by atoms with Crippen molar-refractivity contribution >= 4 is 58.7 Å². The fourth-order valence-corrected chi connectivity index (χ4v) is 11.1. The lowest BCUT2D eigenvalue weighted by Crippen LogP contribution is -2.14. The summed E-state index contributed by atoms with van der Waals surface area (Å²) in [5, 5.41) is 12.3. The molecule has 2 heterocycles. The molecule has 3 aliphatic rings. The monoisotopic (exact) mass is 732 g/mol. The van der Waals surface area contributed by atoms with Crippen molar-refractivity contribution in [1.82, 2.24) is 0 Å². The lowest BCUT2D eigenvalue weighted by Gasteiger charge is -2.22. The Hall–Kier alpha value is -6.48. The average molecular weight is 733 g/mol. The molecule has 12 rings (SSSR count). The average Bonchev–Trinajstić information content (AvgIpc) is 3.71. The minimum absolute atomic E-state index is 0.0966. The molecule has 1 nitrogen and oxygen atoms in total. The van der Waals surface area contributed by atoms with Gasteiger partial charge in [0.2, 0.25) is 0 Å². The lowest BCUT2D eigenvalue weighted by atomic mass is 9.81. The van der Waals surface area contributed by atoms with Crippen LogP contribution in [0.1, 0.15) is 30.5 Å². The smallest absolute Gasteiger partial charge is 0.146 e. The standard InChI is InChI=1S/C54H36OS/c1-54(2)48-24-23-37(28-45(48)46-29-39-30-47-50(32-40(39)31-49(46)54)55-56-25-11-10-18-51(47)56)35-19-20-36-27-38(22-21-34(36)26-35)53-43-16-8-6-14-41(43)52(33-12-4-3-5-13-33)42-15-7-9-17-44(42)53/h3-32H,1-2H3. The third kappa shape index (κ3) is 4.60. The summed E-state index contributed by atoms with van der Waals surface area (Å²) >= 11 is 0. The van der Waals surface area contributed by atoms with Crippen LogP contribution in [0.15, 0.2) is 181 Å². The molecule has 1 aliphatic carbocycles. The van der Waals surface area contributed by atoms with E-state index in [9.17, 15) is 0 Å². The van der Waals surface area contributed by atoms with E-state index in [1.165, 1.54) is 109 Å². The summed E-state index contributed by atoms with van der Waals surface area (Å²) in [6.07, 6.45) is 6.41.